The third-order valence-electron chi connectivity index (χ3n) is 7.14. The molecule has 5 rings (SSSR count). The Morgan fingerprint density at radius 2 is 1.42 bits per heavy atom. The maximum atomic E-state index is 14.2. The van der Waals surface area contributed by atoms with Crippen LogP contribution in [-0.2, 0) is 0 Å². The van der Waals surface area contributed by atoms with Crippen molar-refractivity contribution in [3.63, 3.8) is 0 Å². The summed E-state index contributed by atoms with van der Waals surface area (Å²) in [6.07, 6.45) is 5.41. The molecule has 0 unspecified atom stereocenters. The molecule has 2 aliphatic heterocycles. The number of nitrogens with zero attached hydrogens (tertiary/aromatic N) is 4. The van der Waals surface area contributed by atoms with Crippen LogP contribution in [-0.4, -0.2) is 22.8 Å². The summed E-state index contributed by atoms with van der Waals surface area (Å²) in [4.78, 5) is 16.2. The highest BCUT2D eigenvalue weighted by Gasteiger charge is 2.53. The average molecular weight is 557 g/mol. The Bertz CT molecular complexity index is 1570. The summed E-state index contributed by atoms with van der Waals surface area (Å²) in [5.41, 5.74) is 3.28. The highest BCUT2D eigenvalue weighted by molar-refractivity contribution is 9.10. The molecule has 0 bridgehead atoms. The van der Waals surface area contributed by atoms with Gasteiger partial charge in [-0.1, -0.05) is 94.8 Å². The van der Waals surface area contributed by atoms with E-state index in [1.807, 2.05) is 83.8 Å². The molecule has 38 heavy (non-hydrogen) atoms. The largest absolute Gasteiger partial charge is 0.358 e. The van der Waals surface area contributed by atoms with Crippen LogP contribution < -0.4 is 0 Å². The fourth-order valence-electron chi connectivity index (χ4n) is 5.59. The molecule has 2 aliphatic rings. The third kappa shape index (κ3) is 4.46. The first-order chi connectivity index (χ1) is 18.6. The number of nitriles is 3. The van der Waals surface area contributed by atoms with E-state index in [0.717, 1.165) is 15.6 Å². The highest BCUT2D eigenvalue weighted by Crippen LogP contribution is 2.52. The molecular weight excluding hydrogens is 536 g/mol. The van der Waals surface area contributed by atoms with Gasteiger partial charge in [-0.25, -0.2) is 0 Å². The van der Waals surface area contributed by atoms with Crippen molar-refractivity contribution in [3.8, 4) is 18.2 Å². The van der Waals surface area contributed by atoms with Crippen LogP contribution in [0.3, 0.4) is 0 Å². The van der Waals surface area contributed by atoms with Crippen LogP contribution >= 0.6 is 15.9 Å². The van der Waals surface area contributed by atoms with E-state index in [0.29, 0.717) is 16.7 Å². The predicted octanol–water partition coefficient (Wildman–Crippen LogP) is 6.56. The van der Waals surface area contributed by atoms with Gasteiger partial charge in [0.25, 0.3) is 0 Å². The van der Waals surface area contributed by atoms with E-state index < -0.39 is 17.9 Å². The first-order valence-corrected chi connectivity index (χ1v) is 12.9. The Morgan fingerprint density at radius 1 is 0.816 bits per heavy atom. The number of allylic oxidation sites excluding steroid dienone is 3. The zero-order valence-corrected chi connectivity index (χ0v) is 21.8. The minimum atomic E-state index is -0.667. The summed E-state index contributed by atoms with van der Waals surface area (Å²) in [5, 5.41) is 29.8. The molecule has 0 N–H and O–H groups in total. The number of Topliss-reactive ketones (excluding diaryl/α,β-unsaturated/α-hetero) is 1. The van der Waals surface area contributed by atoms with E-state index >= 15 is 0 Å². The maximum Gasteiger partial charge on any atom is 0.185 e. The van der Waals surface area contributed by atoms with E-state index in [9.17, 15) is 20.6 Å². The minimum Gasteiger partial charge on any atom is -0.358 e. The molecule has 0 spiro atoms. The van der Waals surface area contributed by atoms with Gasteiger partial charge in [-0.05, 0) is 34.9 Å². The summed E-state index contributed by atoms with van der Waals surface area (Å²) in [7, 11) is 0. The SMILES string of the molecule is N#CC1=CN2[C@H](C=C1)[C@H](C(=C(C#N)C#N)c1ccccc1)[C@H](c1ccc(Br)cc1)[C@@H]2C(=O)c1ccccc1. The normalized spacial score (nSPS) is 21.3. The van der Waals surface area contributed by atoms with Gasteiger partial charge in [0.05, 0.1) is 17.7 Å². The van der Waals surface area contributed by atoms with Gasteiger partial charge in [-0.2, -0.15) is 15.8 Å². The lowest BCUT2D eigenvalue weighted by Gasteiger charge is -2.31. The van der Waals surface area contributed by atoms with Gasteiger partial charge in [-0.15, -0.1) is 0 Å². The van der Waals surface area contributed by atoms with Crippen LogP contribution in [0.25, 0.3) is 5.57 Å². The molecule has 0 saturated carbocycles. The topological polar surface area (TPSA) is 91.7 Å². The highest BCUT2D eigenvalue weighted by atomic mass is 79.9. The molecule has 0 aromatic heterocycles. The summed E-state index contributed by atoms with van der Waals surface area (Å²) in [5.74, 6) is -0.914. The average Bonchev–Trinajstić information content (AvgIpc) is 3.30. The number of carbonyl (C=O) groups is 1. The quantitative estimate of drug-likeness (QED) is 0.262. The van der Waals surface area contributed by atoms with Crippen molar-refractivity contribution in [3.05, 3.63) is 136 Å². The molecule has 0 amide bonds. The Labute approximate surface area is 230 Å². The zero-order valence-electron chi connectivity index (χ0n) is 20.2. The van der Waals surface area contributed by atoms with Crippen molar-refractivity contribution >= 4 is 27.3 Å². The smallest absolute Gasteiger partial charge is 0.185 e. The second-order valence-electron chi connectivity index (χ2n) is 9.15. The molecular formula is C32H21BrN4O. The number of carbonyl (C=O) groups excluding carboxylic acids is 1. The van der Waals surface area contributed by atoms with E-state index in [4.69, 9.17) is 0 Å². The molecule has 3 aromatic carbocycles. The first-order valence-electron chi connectivity index (χ1n) is 12.1. The second-order valence-corrected chi connectivity index (χ2v) is 10.1. The number of hydrogen-bond acceptors (Lipinski definition) is 5. The van der Waals surface area contributed by atoms with Crippen molar-refractivity contribution < 1.29 is 4.79 Å². The molecule has 3 aromatic rings. The Kier molecular flexibility index (Phi) is 7.05. The Balaban J connectivity index is 1.81. The van der Waals surface area contributed by atoms with Gasteiger partial charge in [0.15, 0.2) is 5.78 Å². The molecule has 182 valence electrons. The van der Waals surface area contributed by atoms with E-state index in [1.165, 1.54) is 0 Å². The number of rotatable bonds is 5. The number of hydrogen-bond donors (Lipinski definition) is 0. The monoisotopic (exact) mass is 556 g/mol. The lowest BCUT2D eigenvalue weighted by atomic mass is 9.73. The van der Waals surface area contributed by atoms with E-state index in [2.05, 4.69) is 34.1 Å². The van der Waals surface area contributed by atoms with Gasteiger partial charge in [-0.3, -0.25) is 4.79 Å². The van der Waals surface area contributed by atoms with Gasteiger partial charge in [0, 0.05) is 28.1 Å². The standard InChI is InChI=1S/C32H21BrN4O/c33-26-14-12-23(13-15-26)29-30(28(25(18-35)19-36)22-7-3-1-4-8-22)27-16-11-21(17-34)20-37(27)31(29)32(38)24-9-5-2-6-10-24/h1-16,20,27,29-31H/t27-,29+,30-,31-/m1/s1. The Hall–Kier alpha value is -4.70. The third-order valence-corrected chi connectivity index (χ3v) is 7.67. The molecule has 1 fully saturated rings. The van der Waals surface area contributed by atoms with Crippen LogP contribution in [0.4, 0.5) is 0 Å². The number of halogens is 1. The molecule has 5 nitrogen and oxygen atoms in total. The van der Waals surface area contributed by atoms with Crippen molar-refractivity contribution in [2.24, 2.45) is 5.92 Å². The van der Waals surface area contributed by atoms with Crippen molar-refractivity contribution in [2.45, 2.75) is 18.0 Å². The van der Waals surface area contributed by atoms with Crippen LogP contribution in [0.2, 0.25) is 0 Å². The van der Waals surface area contributed by atoms with Crippen molar-refractivity contribution in [1.82, 2.24) is 4.90 Å². The lowest BCUT2D eigenvalue weighted by Crippen LogP contribution is -2.39. The fraction of sp³-hybridized carbons (Fsp3) is 0.125. The predicted molar refractivity (Wildman–Crippen MR) is 148 cm³/mol. The number of fused-ring (bicyclic) bond motifs is 1. The zero-order chi connectivity index (χ0) is 26.6. The Morgan fingerprint density at radius 3 is 2.00 bits per heavy atom. The maximum absolute atomic E-state index is 14.2. The van der Waals surface area contributed by atoms with Gasteiger partial charge < -0.3 is 4.90 Å². The van der Waals surface area contributed by atoms with Crippen molar-refractivity contribution in [2.75, 3.05) is 0 Å². The molecule has 6 heteroatoms. The fourth-order valence-corrected chi connectivity index (χ4v) is 5.85. The van der Waals surface area contributed by atoms with Crippen LogP contribution in [0.15, 0.2) is 119 Å². The summed E-state index contributed by atoms with van der Waals surface area (Å²) >= 11 is 3.51. The van der Waals surface area contributed by atoms with Gasteiger partial charge in [0.1, 0.15) is 23.8 Å². The molecule has 0 aliphatic carbocycles. The summed E-state index contributed by atoms with van der Waals surface area (Å²) in [6, 6.07) is 31.8. The molecule has 2 heterocycles. The van der Waals surface area contributed by atoms with E-state index in [1.54, 1.807) is 24.4 Å². The first kappa shape index (κ1) is 25.0. The van der Waals surface area contributed by atoms with Gasteiger partial charge >= 0.3 is 0 Å². The second kappa shape index (κ2) is 10.7. The summed E-state index contributed by atoms with van der Waals surface area (Å²) in [6.45, 7) is 0. The molecule has 0 radical (unpaired) electrons. The van der Waals surface area contributed by atoms with E-state index in [-0.39, 0.29) is 17.4 Å². The van der Waals surface area contributed by atoms with Crippen LogP contribution in [0.5, 0.6) is 0 Å². The number of ketones is 1. The van der Waals surface area contributed by atoms with Crippen LogP contribution in [0.1, 0.15) is 27.4 Å². The molecule has 1 saturated heterocycles. The minimum absolute atomic E-state index is 0.0135. The molecule has 4 atom stereocenters. The number of benzene rings is 3. The summed E-state index contributed by atoms with van der Waals surface area (Å²) < 4.78 is 0.902. The van der Waals surface area contributed by atoms with Crippen molar-refractivity contribution in [1.29, 1.82) is 15.8 Å². The van der Waals surface area contributed by atoms with Gasteiger partial charge in [0.2, 0.25) is 0 Å². The van der Waals surface area contributed by atoms with Crippen LogP contribution in [0, 0.1) is 39.9 Å². The lowest BCUT2D eigenvalue weighted by molar-refractivity contribution is 0.0881.